The van der Waals surface area contributed by atoms with Crippen molar-refractivity contribution in [1.82, 2.24) is 4.98 Å². The van der Waals surface area contributed by atoms with E-state index in [2.05, 4.69) is 4.98 Å². The summed E-state index contributed by atoms with van der Waals surface area (Å²) in [7, 11) is 0. The molecule has 1 aromatic heterocycles. The Labute approximate surface area is 93.0 Å². The van der Waals surface area contributed by atoms with Crippen molar-refractivity contribution >= 4 is 11.7 Å². The van der Waals surface area contributed by atoms with Gasteiger partial charge in [-0.2, -0.15) is 0 Å². The topological polar surface area (TPSA) is 94.7 Å². The number of pyridine rings is 1. The van der Waals surface area contributed by atoms with Gasteiger partial charge in [0.25, 0.3) is 0 Å². The Morgan fingerprint density at radius 2 is 2.31 bits per heavy atom. The quantitative estimate of drug-likeness (QED) is 0.696. The molecule has 6 nitrogen and oxygen atoms in total. The Morgan fingerprint density at radius 3 is 2.94 bits per heavy atom. The monoisotopic (exact) mass is 226 g/mol. The highest BCUT2D eigenvalue weighted by Crippen LogP contribution is 2.17. The van der Waals surface area contributed by atoms with Gasteiger partial charge in [-0.05, 0) is 13.0 Å². The van der Waals surface area contributed by atoms with E-state index in [0.717, 1.165) is 0 Å². The molecule has 0 amide bonds. The molecule has 6 heteroatoms. The molecule has 0 aliphatic carbocycles. The smallest absolute Gasteiger partial charge is 0.341 e. The van der Waals surface area contributed by atoms with E-state index in [4.69, 9.17) is 20.3 Å². The first-order chi connectivity index (χ1) is 7.65. The van der Waals surface area contributed by atoms with Gasteiger partial charge in [0, 0.05) is 6.61 Å². The number of nitrogen functional groups attached to an aromatic ring is 1. The number of anilines is 1. The Kier molecular flexibility index (Phi) is 4.53. The van der Waals surface area contributed by atoms with Crippen LogP contribution in [0.2, 0.25) is 0 Å². The lowest BCUT2D eigenvalue weighted by atomic mass is 10.2. The second-order valence-electron chi connectivity index (χ2n) is 2.97. The molecule has 0 unspecified atom stereocenters. The van der Waals surface area contributed by atoms with E-state index in [1.807, 2.05) is 6.92 Å². The third-order valence-corrected chi connectivity index (χ3v) is 1.77. The fraction of sp³-hybridized carbons (Fsp3) is 0.400. The molecule has 0 radical (unpaired) electrons. The van der Waals surface area contributed by atoms with Gasteiger partial charge in [0.15, 0.2) is 0 Å². The molecule has 1 heterocycles. The summed E-state index contributed by atoms with van der Waals surface area (Å²) in [5.41, 5.74) is 5.68. The van der Waals surface area contributed by atoms with Gasteiger partial charge < -0.3 is 20.3 Å². The third-order valence-electron chi connectivity index (χ3n) is 1.77. The van der Waals surface area contributed by atoms with Crippen LogP contribution in [0.1, 0.15) is 17.3 Å². The molecule has 3 N–H and O–H groups in total. The van der Waals surface area contributed by atoms with Crippen molar-refractivity contribution in [3.8, 4) is 5.88 Å². The molecule has 0 aromatic carbocycles. The molecule has 0 atom stereocenters. The van der Waals surface area contributed by atoms with Gasteiger partial charge in [-0.25, -0.2) is 9.78 Å². The largest absolute Gasteiger partial charge is 0.477 e. The second kappa shape index (κ2) is 5.92. The molecule has 0 fully saturated rings. The van der Waals surface area contributed by atoms with Crippen molar-refractivity contribution in [2.75, 3.05) is 25.6 Å². The van der Waals surface area contributed by atoms with E-state index in [-0.39, 0.29) is 23.7 Å². The summed E-state index contributed by atoms with van der Waals surface area (Å²) in [6.07, 6.45) is 1.35. The summed E-state index contributed by atoms with van der Waals surface area (Å²) in [6.45, 7) is 3.10. The summed E-state index contributed by atoms with van der Waals surface area (Å²) in [5, 5.41) is 8.89. The maximum absolute atomic E-state index is 10.9. The number of carboxylic acids is 1. The number of hydrogen-bond donors (Lipinski definition) is 2. The molecule has 0 aliphatic rings. The first-order valence-corrected chi connectivity index (χ1v) is 4.84. The van der Waals surface area contributed by atoms with Crippen molar-refractivity contribution in [3.05, 3.63) is 17.8 Å². The minimum atomic E-state index is -1.12. The molecule has 1 rings (SSSR count). The lowest BCUT2D eigenvalue weighted by Crippen LogP contribution is -2.11. The molecular formula is C10H14N2O4. The van der Waals surface area contributed by atoms with E-state index in [1.165, 1.54) is 12.3 Å². The van der Waals surface area contributed by atoms with Crippen LogP contribution < -0.4 is 10.5 Å². The van der Waals surface area contributed by atoms with Gasteiger partial charge >= 0.3 is 5.97 Å². The van der Waals surface area contributed by atoms with Crippen molar-refractivity contribution in [1.29, 1.82) is 0 Å². The molecule has 0 saturated carbocycles. The average molecular weight is 226 g/mol. The van der Waals surface area contributed by atoms with Crippen LogP contribution in [0.5, 0.6) is 5.88 Å². The van der Waals surface area contributed by atoms with Crippen molar-refractivity contribution in [3.63, 3.8) is 0 Å². The highest BCUT2D eigenvalue weighted by atomic mass is 16.5. The van der Waals surface area contributed by atoms with Gasteiger partial charge in [0.2, 0.25) is 5.88 Å². The van der Waals surface area contributed by atoms with Gasteiger partial charge in [-0.1, -0.05) is 0 Å². The standard InChI is InChI=1S/C10H14N2O4/c1-2-15-3-4-16-9-8(10(13)14)5-7(11)6-12-9/h5-6H,2-4,11H2,1H3,(H,13,14). The first kappa shape index (κ1) is 12.3. The summed E-state index contributed by atoms with van der Waals surface area (Å²) in [4.78, 5) is 14.7. The normalized spacial score (nSPS) is 10.1. The number of nitrogens with two attached hydrogens (primary N) is 1. The Balaban J connectivity index is 2.67. The van der Waals surface area contributed by atoms with Gasteiger partial charge in [-0.15, -0.1) is 0 Å². The highest BCUT2D eigenvalue weighted by molar-refractivity contribution is 5.91. The van der Waals surface area contributed by atoms with E-state index in [9.17, 15) is 4.79 Å². The molecule has 0 spiro atoms. The highest BCUT2D eigenvalue weighted by Gasteiger charge is 2.13. The summed E-state index contributed by atoms with van der Waals surface area (Å²) in [5.74, 6) is -1.06. The van der Waals surface area contributed by atoms with E-state index in [0.29, 0.717) is 13.2 Å². The number of nitrogens with zero attached hydrogens (tertiary/aromatic N) is 1. The van der Waals surface area contributed by atoms with Crippen molar-refractivity contribution < 1.29 is 19.4 Å². The third kappa shape index (κ3) is 3.39. The number of ether oxygens (including phenoxy) is 2. The number of aromatic nitrogens is 1. The van der Waals surface area contributed by atoms with Gasteiger partial charge in [0.05, 0.1) is 18.5 Å². The van der Waals surface area contributed by atoms with Gasteiger partial charge in [0.1, 0.15) is 12.2 Å². The fourth-order valence-corrected chi connectivity index (χ4v) is 1.08. The summed E-state index contributed by atoms with van der Waals surface area (Å²) in [6, 6.07) is 1.31. The van der Waals surface area contributed by atoms with Crippen LogP contribution in [-0.4, -0.2) is 35.9 Å². The molecule has 0 saturated heterocycles. The SMILES string of the molecule is CCOCCOc1ncc(N)cc1C(=O)O. The predicted octanol–water partition coefficient (Wildman–Crippen LogP) is 0.777. The van der Waals surface area contributed by atoms with E-state index < -0.39 is 5.97 Å². The summed E-state index contributed by atoms with van der Waals surface area (Å²) >= 11 is 0. The molecule has 88 valence electrons. The maximum atomic E-state index is 10.9. The maximum Gasteiger partial charge on any atom is 0.341 e. The van der Waals surface area contributed by atoms with Crippen LogP contribution in [0, 0.1) is 0 Å². The Morgan fingerprint density at radius 1 is 1.56 bits per heavy atom. The number of aromatic carboxylic acids is 1. The van der Waals surface area contributed by atoms with Crippen molar-refractivity contribution in [2.24, 2.45) is 0 Å². The zero-order chi connectivity index (χ0) is 12.0. The van der Waals surface area contributed by atoms with E-state index in [1.54, 1.807) is 0 Å². The van der Waals surface area contributed by atoms with Crippen molar-refractivity contribution in [2.45, 2.75) is 6.92 Å². The zero-order valence-electron chi connectivity index (χ0n) is 8.97. The molecule has 0 aliphatic heterocycles. The van der Waals surface area contributed by atoms with Crippen LogP contribution in [0.25, 0.3) is 0 Å². The number of carbonyl (C=O) groups is 1. The van der Waals surface area contributed by atoms with Gasteiger partial charge in [-0.3, -0.25) is 0 Å². The molecule has 1 aromatic rings. The van der Waals surface area contributed by atoms with E-state index >= 15 is 0 Å². The fourth-order valence-electron chi connectivity index (χ4n) is 1.08. The zero-order valence-corrected chi connectivity index (χ0v) is 8.97. The van der Waals surface area contributed by atoms with Crippen LogP contribution in [-0.2, 0) is 4.74 Å². The molecular weight excluding hydrogens is 212 g/mol. The number of hydrogen-bond acceptors (Lipinski definition) is 5. The average Bonchev–Trinajstić information content (AvgIpc) is 2.26. The minimum absolute atomic E-state index is 0.0449. The van der Waals surface area contributed by atoms with Crippen LogP contribution in [0.3, 0.4) is 0 Å². The summed E-state index contributed by atoms with van der Waals surface area (Å²) < 4.78 is 10.2. The van der Waals surface area contributed by atoms with Crippen LogP contribution in [0.15, 0.2) is 12.3 Å². The second-order valence-corrected chi connectivity index (χ2v) is 2.97. The molecule has 0 bridgehead atoms. The van der Waals surface area contributed by atoms with Crippen LogP contribution >= 0.6 is 0 Å². The minimum Gasteiger partial charge on any atom is -0.477 e. The first-order valence-electron chi connectivity index (χ1n) is 4.84. The lowest BCUT2D eigenvalue weighted by Gasteiger charge is -2.08. The number of carboxylic acid groups (broad SMARTS) is 1. The van der Waals surface area contributed by atoms with Crippen LogP contribution in [0.4, 0.5) is 5.69 Å². The Bertz CT molecular complexity index is 368. The Hall–Kier alpha value is -1.82. The molecule has 16 heavy (non-hydrogen) atoms. The lowest BCUT2D eigenvalue weighted by molar-refractivity contribution is 0.0685. The number of rotatable bonds is 6. The predicted molar refractivity (Wildman–Crippen MR) is 57.6 cm³/mol.